The predicted molar refractivity (Wildman–Crippen MR) is 93.3 cm³/mol. The van der Waals surface area contributed by atoms with E-state index in [1.807, 2.05) is 19.1 Å². The second-order valence-electron chi connectivity index (χ2n) is 6.15. The lowest BCUT2D eigenvalue weighted by molar-refractivity contribution is -0.146. The maximum Gasteiger partial charge on any atom is 0.315 e. The van der Waals surface area contributed by atoms with E-state index in [1.54, 1.807) is 19.1 Å². The number of ketones is 1. The minimum absolute atomic E-state index is 0.0850. The molecule has 0 amide bonds. The summed E-state index contributed by atoms with van der Waals surface area (Å²) in [6, 6.07) is 7.33. The maximum absolute atomic E-state index is 12.6. The van der Waals surface area contributed by atoms with Gasteiger partial charge >= 0.3 is 5.97 Å². The van der Waals surface area contributed by atoms with Gasteiger partial charge in [0.15, 0.2) is 5.78 Å². The fourth-order valence-electron chi connectivity index (χ4n) is 3.57. The van der Waals surface area contributed by atoms with Crippen LogP contribution >= 0.6 is 11.6 Å². The molecule has 24 heavy (non-hydrogen) atoms. The zero-order valence-electron chi connectivity index (χ0n) is 13.8. The van der Waals surface area contributed by atoms with Crippen LogP contribution in [0.2, 0.25) is 5.02 Å². The number of aliphatic imine (C=N–C) groups is 1. The van der Waals surface area contributed by atoms with Gasteiger partial charge in [-0.05, 0) is 44.4 Å². The van der Waals surface area contributed by atoms with Crippen LogP contribution in [0, 0.1) is 5.92 Å². The third-order valence-corrected chi connectivity index (χ3v) is 4.86. The molecule has 4 nitrogen and oxygen atoms in total. The number of esters is 1. The van der Waals surface area contributed by atoms with Crippen molar-refractivity contribution in [2.45, 2.75) is 39.0 Å². The number of carbonyl (C=O) groups excluding carboxylic acids is 2. The van der Waals surface area contributed by atoms with Gasteiger partial charge in [0.05, 0.1) is 6.61 Å². The fourth-order valence-corrected chi connectivity index (χ4v) is 3.70. The second kappa shape index (κ2) is 6.89. The van der Waals surface area contributed by atoms with Gasteiger partial charge in [0, 0.05) is 34.3 Å². The Hall–Kier alpha value is -1.94. The summed E-state index contributed by atoms with van der Waals surface area (Å²) in [5.41, 5.74) is 3.10. The maximum atomic E-state index is 12.6. The third-order valence-electron chi connectivity index (χ3n) is 4.60. The fraction of sp³-hybridized carbons (Fsp3) is 0.421. The van der Waals surface area contributed by atoms with Gasteiger partial charge < -0.3 is 4.74 Å². The van der Waals surface area contributed by atoms with Gasteiger partial charge in [-0.15, -0.1) is 0 Å². The first kappa shape index (κ1) is 16.9. The van der Waals surface area contributed by atoms with Crippen molar-refractivity contribution in [2.75, 3.05) is 6.61 Å². The Labute approximate surface area is 146 Å². The molecular formula is C19H20ClNO3. The molecule has 0 saturated carbocycles. The molecule has 1 aromatic rings. The average molecular weight is 346 g/mol. The normalized spacial score (nSPS) is 23.6. The first-order chi connectivity index (χ1) is 11.5. The Morgan fingerprint density at radius 3 is 2.67 bits per heavy atom. The molecule has 1 aliphatic carbocycles. The quantitative estimate of drug-likeness (QED) is 0.775. The number of Topliss-reactive ketones (excluding diaryl/α,β-unsaturated/α-hetero) is 1. The molecule has 0 N–H and O–H groups in total. The highest BCUT2D eigenvalue weighted by Gasteiger charge is 2.42. The van der Waals surface area contributed by atoms with Gasteiger partial charge in [0.1, 0.15) is 5.92 Å². The number of allylic oxidation sites excluding steroid dienone is 2. The molecule has 1 heterocycles. The van der Waals surface area contributed by atoms with Gasteiger partial charge in [-0.3, -0.25) is 14.6 Å². The number of hydrogen-bond acceptors (Lipinski definition) is 4. The molecule has 0 saturated heterocycles. The lowest BCUT2D eigenvalue weighted by atomic mass is 9.72. The number of nitrogens with zero attached hydrogens (tertiary/aromatic N) is 1. The highest BCUT2D eigenvalue weighted by Crippen LogP contribution is 2.43. The van der Waals surface area contributed by atoms with Gasteiger partial charge in [-0.25, -0.2) is 0 Å². The van der Waals surface area contributed by atoms with Gasteiger partial charge in [0.2, 0.25) is 0 Å². The van der Waals surface area contributed by atoms with Crippen molar-refractivity contribution in [3.63, 3.8) is 0 Å². The molecule has 0 aromatic heterocycles. The summed E-state index contributed by atoms with van der Waals surface area (Å²) in [4.78, 5) is 29.8. The Morgan fingerprint density at radius 1 is 1.29 bits per heavy atom. The van der Waals surface area contributed by atoms with Gasteiger partial charge in [-0.1, -0.05) is 23.7 Å². The van der Waals surface area contributed by atoms with Crippen LogP contribution < -0.4 is 0 Å². The molecule has 0 fully saturated rings. The second-order valence-corrected chi connectivity index (χ2v) is 6.59. The highest BCUT2D eigenvalue weighted by molar-refractivity contribution is 6.30. The van der Waals surface area contributed by atoms with Gasteiger partial charge in [0.25, 0.3) is 0 Å². The summed E-state index contributed by atoms with van der Waals surface area (Å²) in [5, 5.41) is 0.622. The van der Waals surface area contributed by atoms with Crippen molar-refractivity contribution < 1.29 is 14.3 Å². The van der Waals surface area contributed by atoms with E-state index in [0.29, 0.717) is 29.3 Å². The van der Waals surface area contributed by atoms with Crippen LogP contribution in [0.5, 0.6) is 0 Å². The monoisotopic (exact) mass is 345 g/mol. The zero-order valence-corrected chi connectivity index (χ0v) is 14.6. The summed E-state index contributed by atoms with van der Waals surface area (Å²) >= 11 is 6.00. The predicted octanol–water partition coefficient (Wildman–Crippen LogP) is 4.08. The summed E-state index contributed by atoms with van der Waals surface area (Å²) in [6.07, 6.45) is 2.09. The van der Waals surface area contributed by atoms with E-state index in [1.165, 1.54) is 0 Å². The molecule has 1 aromatic carbocycles. The van der Waals surface area contributed by atoms with E-state index in [4.69, 9.17) is 16.3 Å². The van der Waals surface area contributed by atoms with Crippen molar-refractivity contribution in [2.24, 2.45) is 10.9 Å². The van der Waals surface area contributed by atoms with Crippen LogP contribution in [0.25, 0.3) is 0 Å². The molecule has 3 rings (SSSR count). The van der Waals surface area contributed by atoms with E-state index in [0.717, 1.165) is 24.1 Å². The molecule has 0 spiro atoms. The molecule has 0 radical (unpaired) electrons. The lowest BCUT2D eigenvalue weighted by Gasteiger charge is -2.34. The van der Waals surface area contributed by atoms with Crippen molar-refractivity contribution >= 4 is 29.1 Å². The Kier molecular flexibility index (Phi) is 4.86. The molecule has 0 bridgehead atoms. The van der Waals surface area contributed by atoms with Crippen molar-refractivity contribution in [1.29, 1.82) is 0 Å². The Morgan fingerprint density at radius 2 is 2.00 bits per heavy atom. The first-order valence-corrected chi connectivity index (χ1v) is 8.64. The van der Waals surface area contributed by atoms with E-state index < -0.39 is 5.92 Å². The Bertz CT molecular complexity index is 733. The van der Waals surface area contributed by atoms with Crippen molar-refractivity contribution in [1.82, 2.24) is 0 Å². The number of hydrogen-bond donors (Lipinski definition) is 0. The smallest absolute Gasteiger partial charge is 0.315 e. The summed E-state index contributed by atoms with van der Waals surface area (Å²) in [5.74, 6) is -1.15. The molecule has 2 aliphatic rings. The largest absolute Gasteiger partial charge is 0.465 e. The molecular weight excluding hydrogens is 326 g/mol. The van der Waals surface area contributed by atoms with Gasteiger partial charge in [-0.2, -0.15) is 0 Å². The van der Waals surface area contributed by atoms with Crippen LogP contribution in [0.3, 0.4) is 0 Å². The minimum Gasteiger partial charge on any atom is -0.465 e. The minimum atomic E-state index is -0.563. The highest BCUT2D eigenvalue weighted by atomic mass is 35.5. The van der Waals surface area contributed by atoms with E-state index in [-0.39, 0.29) is 17.7 Å². The summed E-state index contributed by atoms with van der Waals surface area (Å²) in [6.45, 7) is 3.92. The molecule has 1 aliphatic heterocycles. The number of halogens is 1. The Balaban J connectivity index is 2.13. The summed E-state index contributed by atoms with van der Waals surface area (Å²) < 4.78 is 5.26. The molecule has 1 unspecified atom stereocenters. The molecule has 5 heteroatoms. The zero-order chi connectivity index (χ0) is 17.3. The van der Waals surface area contributed by atoms with Crippen LogP contribution in [0.15, 0.2) is 40.5 Å². The number of ether oxygens (including phenoxy) is 1. The SMILES string of the molecule is CCOC(=O)C1C(C)=NC2=C(C(=O)CCC2)[C@@H]1c1ccc(Cl)cc1. The lowest BCUT2D eigenvalue weighted by Crippen LogP contribution is -2.37. The van der Waals surface area contributed by atoms with Crippen molar-refractivity contribution in [3.8, 4) is 0 Å². The standard InChI is InChI=1S/C19H20ClNO3/c1-3-24-19(23)16-11(2)21-14-5-4-6-15(22)18(14)17(16)12-7-9-13(20)10-8-12/h7-10,16-17H,3-6H2,1-2H3/t16?,17-/m1/s1. The number of carbonyl (C=O) groups is 2. The summed E-state index contributed by atoms with van der Waals surface area (Å²) in [7, 11) is 0. The van der Waals surface area contributed by atoms with E-state index in [2.05, 4.69) is 4.99 Å². The number of rotatable bonds is 3. The van der Waals surface area contributed by atoms with Crippen molar-refractivity contribution in [3.05, 3.63) is 46.1 Å². The molecule has 126 valence electrons. The van der Waals surface area contributed by atoms with E-state index in [9.17, 15) is 9.59 Å². The average Bonchev–Trinajstić information content (AvgIpc) is 2.55. The first-order valence-electron chi connectivity index (χ1n) is 8.26. The van der Waals surface area contributed by atoms with Crippen LogP contribution in [0.4, 0.5) is 0 Å². The van der Waals surface area contributed by atoms with Crippen LogP contribution in [-0.2, 0) is 14.3 Å². The topological polar surface area (TPSA) is 55.7 Å². The van der Waals surface area contributed by atoms with E-state index >= 15 is 0 Å². The van der Waals surface area contributed by atoms with Crippen LogP contribution in [0.1, 0.15) is 44.6 Å². The third kappa shape index (κ3) is 3.03. The van der Waals surface area contributed by atoms with Crippen LogP contribution in [-0.4, -0.2) is 24.1 Å². The number of benzene rings is 1. The molecule has 2 atom stereocenters.